The zero-order valence-corrected chi connectivity index (χ0v) is 23.5. The summed E-state index contributed by atoms with van der Waals surface area (Å²) in [6.07, 6.45) is 2.16. The summed E-state index contributed by atoms with van der Waals surface area (Å²) in [4.78, 5) is 24.8. The van der Waals surface area contributed by atoms with E-state index in [9.17, 15) is 9.90 Å². The maximum Gasteiger partial charge on any atom is 0.335 e. The van der Waals surface area contributed by atoms with Gasteiger partial charge in [0.1, 0.15) is 47.1 Å². The van der Waals surface area contributed by atoms with Gasteiger partial charge in [0.25, 0.3) is 0 Å². The first kappa shape index (κ1) is 28.7. The molecule has 4 heterocycles. The van der Waals surface area contributed by atoms with Gasteiger partial charge in [-0.05, 0) is 48.4 Å². The molecule has 6 rings (SSSR count). The number of aromatic carboxylic acids is 1. The number of carboxylic acids is 1. The number of nitrogens with zero attached hydrogens (tertiary/aromatic N) is 5. The second-order valence-corrected chi connectivity index (χ2v) is 10.2. The highest BCUT2D eigenvalue weighted by molar-refractivity contribution is 5.95. The van der Waals surface area contributed by atoms with E-state index in [2.05, 4.69) is 15.0 Å². The Morgan fingerprint density at radius 1 is 1.16 bits per heavy atom. The van der Waals surface area contributed by atoms with Crippen LogP contribution in [0.5, 0.6) is 11.6 Å². The Labute approximate surface area is 250 Å². The largest absolute Gasteiger partial charge is 0.494 e. The molecule has 3 aromatic heterocycles. The fourth-order valence-electron chi connectivity index (χ4n) is 4.96. The molecule has 0 radical (unpaired) electrons. The monoisotopic (exact) mass is 597 g/mol. The minimum absolute atomic E-state index is 0.0189. The molecule has 12 heteroatoms. The standard InChI is InChI=1S/C32H25F2N5O5/c1-42-28-11-20(32(40)41)10-27-31(28)38-29(39(27)16-22-7-8-43-22)12-19-9-25(34)23(13-24(19)33)26-3-2-4-30(37-26)44-17-18-5-6-21(14-35)36-15-18/h2-6,9-11,13,15,22H,7-8,12,16-17H2,1H3,(H,40,41)/t22-/m0/s1. The minimum atomic E-state index is -1.13. The van der Waals surface area contributed by atoms with Crippen LogP contribution >= 0.6 is 0 Å². The molecule has 1 N–H and O–H groups in total. The van der Waals surface area contributed by atoms with Crippen molar-refractivity contribution in [3.05, 3.63) is 101 Å². The molecule has 0 aliphatic carbocycles. The Morgan fingerprint density at radius 2 is 2.00 bits per heavy atom. The van der Waals surface area contributed by atoms with Crippen LogP contribution in [0.2, 0.25) is 0 Å². The number of ether oxygens (including phenoxy) is 3. The molecule has 0 spiro atoms. The van der Waals surface area contributed by atoms with Crippen LogP contribution in [0, 0.1) is 23.0 Å². The van der Waals surface area contributed by atoms with Crippen molar-refractivity contribution in [3.8, 4) is 29.0 Å². The fourth-order valence-corrected chi connectivity index (χ4v) is 4.96. The van der Waals surface area contributed by atoms with Gasteiger partial charge in [-0.25, -0.2) is 28.5 Å². The van der Waals surface area contributed by atoms with Gasteiger partial charge in [-0.3, -0.25) is 0 Å². The van der Waals surface area contributed by atoms with Crippen LogP contribution in [-0.4, -0.2) is 50.4 Å². The molecule has 0 saturated carbocycles. The van der Waals surface area contributed by atoms with Crippen molar-refractivity contribution in [2.45, 2.75) is 32.1 Å². The number of fused-ring (bicyclic) bond motifs is 1. The second-order valence-electron chi connectivity index (χ2n) is 10.2. The summed E-state index contributed by atoms with van der Waals surface area (Å²) in [5, 5.41) is 18.5. The summed E-state index contributed by atoms with van der Waals surface area (Å²) in [6, 6.07) is 15.1. The highest BCUT2D eigenvalue weighted by atomic mass is 19.1. The van der Waals surface area contributed by atoms with Gasteiger partial charge >= 0.3 is 5.97 Å². The van der Waals surface area contributed by atoms with Crippen LogP contribution in [0.3, 0.4) is 0 Å². The topological polar surface area (TPSA) is 132 Å². The number of benzene rings is 2. The number of carboxylic acid groups (broad SMARTS) is 1. The summed E-state index contributed by atoms with van der Waals surface area (Å²) in [6.45, 7) is 1.11. The predicted molar refractivity (Wildman–Crippen MR) is 153 cm³/mol. The predicted octanol–water partition coefficient (Wildman–Crippen LogP) is 5.31. The summed E-state index contributed by atoms with van der Waals surface area (Å²) >= 11 is 0. The number of rotatable bonds is 10. The van der Waals surface area contributed by atoms with Crippen molar-refractivity contribution in [1.29, 1.82) is 5.26 Å². The lowest BCUT2D eigenvalue weighted by Crippen LogP contribution is -2.31. The van der Waals surface area contributed by atoms with E-state index in [1.165, 1.54) is 25.4 Å². The first-order valence-electron chi connectivity index (χ1n) is 13.7. The number of imidazole rings is 1. The minimum Gasteiger partial charge on any atom is -0.494 e. The van der Waals surface area contributed by atoms with Crippen LogP contribution in [-0.2, 0) is 24.3 Å². The fraction of sp³-hybridized carbons (Fsp3) is 0.219. The van der Waals surface area contributed by atoms with Gasteiger partial charge < -0.3 is 23.9 Å². The van der Waals surface area contributed by atoms with Gasteiger partial charge in [0.15, 0.2) is 0 Å². The molecule has 10 nitrogen and oxygen atoms in total. The normalized spacial score (nSPS) is 14.2. The number of hydrogen-bond acceptors (Lipinski definition) is 8. The first-order valence-corrected chi connectivity index (χ1v) is 13.7. The van der Waals surface area contributed by atoms with Gasteiger partial charge in [0.2, 0.25) is 5.88 Å². The molecule has 1 aliphatic rings. The summed E-state index contributed by atoms with van der Waals surface area (Å²) < 4.78 is 49.6. The number of carbonyl (C=O) groups is 1. The summed E-state index contributed by atoms with van der Waals surface area (Å²) in [5.74, 6) is -1.59. The van der Waals surface area contributed by atoms with Gasteiger partial charge in [-0.2, -0.15) is 5.26 Å². The van der Waals surface area contributed by atoms with E-state index in [0.717, 1.165) is 18.6 Å². The van der Waals surface area contributed by atoms with Crippen molar-refractivity contribution in [2.24, 2.45) is 0 Å². The average molecular weight is 598 g/mol. The third kappa shape index (κ3) is 5.77. The number of pyridine rings is 2. The Balaban J connectivity index is 1.29. The highest BCUT2D eigenvalue weighted by Gasteiger charge is 2.25. The number of aromatic nitrogens is 4. The lowest BCUT2D eigenvalue weighted by atomic mass is 10.0. The third-order valence-corrected chi connectivity index (χ3v) is 7.35. The van der Waals surface area contributed by atoms with E-state index < -0.39 is 17.6 Å². The molecule has 1 fully saturated rings. The van der Waals surface area contributed by atoms with Gasteiger partial charge in [0, 0.05) is 36.4 Å². The molecule has 5 aromatic rings. The Morgan fingerprint density at radius 3 is 2.68 bits per heavy atom. The van der Waals surface area contributed by atoms with Crippen molar-refractivity contribution in [1.82, 2.24) is 19.5 Å². The number of halogens is 2. The number of methoxy groups -OCH3 is 1. The molecule has 44 heavy (non-hydrogen) atoms. The van der Waals surface area contributed by atoms with Crippen LogP contribution in [0.15, 0.2) is 60.8 Å². The summed E-state index contributed by atoms with van der Waals surface area (Å²) in [5.41, 5.74) is 2.14. The second kappa shape index (κ2) is 12.1. The van der Waals surface area contributed by atoms with E-state index in [-0.39, 0.29) is 58.8 Å². The maximum atomic E-state index is 15.6. The third-order valence-electron chi connectivity index (χ3n) is 7.35. The lowest BCUT2D eigenvalue weighted by molar-refractivity contribution is -0.0589. The SMILES string of the molecule is COc1cc(C(=O)O)cc2c1nc(Cc1cc(F)c(-c3cccc(OCc4ccc(C#N)nc4)n3)cc1F)n2C[C@@H]1CCO1. The van der Waals surface area contributed by atoms with Crippen LogP contribution in [0.4, 0.5) is 8.78 Å². The molecule has 0 amide bonds. The van der Waals surface area contributed by atoms with Crippen LogP contribution < -0.4 is 9.47 Å². The molecule has 0 unspecified atom stereocenters. The average Bonchev–Trinajstić information content (AvgIpc) is 3.35. The number of nitriles is 1. The van der Waals surface area contributed by atoms with Gasteiger partial charge in [-0.15, -0.1) is 0 Å². The maximum absolute atomic E-state index is 15.6. The molecular weight excluding hydrogens is 572 g/mol. The van der Waals surface area contributed by atoms with Crippen LogP contribution in [0.25, 0.3) is 22.3 Å². The molecule has 2 aromatic carbocycles. The summed E-state index contributed by atoms with van der Waals surface area (Å²) in [7, 11) is 1.42. The highest BCUT2D eigenvalue weighted by Crippen LogP contribution is 2.32. The lowest BCUT2D eigenvalue weighted by Gasteiger charge is -2.27. The van der Waals surface area contributed by atoms with E-state index in [0.29, 0.717) is 35.6 Å². The van der Waals surface area contributed by atoms with E-state index in [1.54, 1.807) is 34.9 Å². The zero-order chi connectivity index (χ0) is 30.8. The number of hydrogen-bond donors (Lipinski definition) is 1. The molecular formula is C32H25F2N5O5. The molecule has 1 aliphatic heterocycles. The van der Waals surface area contributed by atoms with Crippen molar-refractivity contribution >= 4 is 17.0 Å². The van der Waals surface area contributed by atoms with Gasteiger partial charge in [0.05, 0.1) is 36.5 Å². The molecule has 1 atom stereocenters. The van der Waals surface area contributed by atoms with E-state index in [1.807, 2.05) is 6.07 Å². The van der Waals surface area contributed by atoms with E-state index in [4.69, 9.17) is 19.5 Å². The Bertz CT molecular complexity index is 1920. The quantitative estimate of drug-likeness (QED) is 0.227. The first-order chi connectivity index (χ1) is 21.3. The van der Waals surface area contributed by atoms with Gasteiger partial charge in [-0.1, -0.05) is 12.1 Å². The van der Waals surface area contributed by atoms with E-state index >= 15 is 8.78 Å². The molecule has 0 bridgehead atoms. The molecule has 222 valence electrons. The zero-order valence-electron chi connectivity index (χ0n) is 23.5. The van der Waals surface area contributed by atoms with Crippen molar-refractivity contribution in [2.75, 3.05) is 13.7 Å². The smallest absolute Gasteiger partial charge is 0.335 e. The Kier molecular flexibility index (Phi) is 7.87. The van der Waals surface area contributed by atoms with Crippen LogP contribution in [0.1, 0.15) is 39.4 Å². The molecule has 1 saturated heterocycles. The Hall–Kier alpha value is -5.41. The van der Waals surface area contributed by atoms with Crippen molar-refractivity contribution in [3.63, 3.8) is 0 Å². The van der Waals surface area contributed by atoms with Crippen molar-refractivity contribution < 1.29 is 32.9 Å².